The second-order valence-corrected chi connectivity index (χ2v) is 8.55. The molecule has 0 spiro atoms. The molecule has 0 saturated carbocycles. The highest BCUT2D eigenvalue weighted by molar-refractivity contribution is 7.13. The summed E-state index contributed by atoms with van der Waals surface area (Å²) in [6, 6.07) is 0.707. The zero-order valence-electron chi connectivity index (χ0n) is 14.5. The van der Waals surface area contributed by atoms with Crippen LogP contribution >= 0.6 is 11.3 Å². The number of morpholine rings is 1. The highest BCUT2D eigenvalue weighted by atomic mass is 32.1. The molecular formula is C17H27N3O2S. The van der Waals surface area contributed by atoms with Crippen molar-refractivity contribution in [3.63, 3.8) is 0 Å². The lowest BCUT2D eigenvalue weighted by Gasteiger charge is -2.35. The molecule has 1 aromatic rings. The quantitative estimate of drug-likeness (QED) is 0.831. The van der Waals surface area contributed by atoms with E-state index in [1.54, 1.807) is 6.20 Å². The molecule has 0 N–H and O–H groups in total. The summed E-state index contributed by atoms with van der Waals surface area (Å²) in [6.07, 6.45) is 2.81. The van der Waals surface area contributed by atoms with Gasteiger partial charge < -0.3 is 9.64 Å². The molecule has 2 fully saturated rings. The minimum Gasteiger partial charge on any atom is -0.379 e. The Morgan fingerprint density at radius 3 is 2.61 bits per heavy atom. The normalized spacial score (nSPS) is 26.7. The summed E-state index contributed by atoms with van der Waals surface area (Å²) in [7, 11) is 0. The average Bonchev–Trinajstić information content (AvgIpc) is 3.14. The van der Waals surface area contributed by atoms with Crippen molar-refractivity contribution in [3.8, 4) is 0 Å². The molecule has 2 aliphatic heterocycles. The van der Waals surface area contributed by atoms with E-state index in [0.717, 1.165) is 49.2 Å². The monoisotopic (exact) mass is 337 g/mol. The molecule has 3 heterocycles. The number of carbonyl (C=O) groups excluding carboxylic acids is 1. The van der Waals surface area contributed by atoms with Gasteiger partial charge in [0.05, 0.1) is 24.4 Å². The lowest BCUT2D eigenvalue weighted by Crippen LogP contribution is -2.49. The molecule has 128 valence electrons. The number of nitrogens with zero attached hydrogens (tertiary/aromatic N) is 3. The summed E-state index contributed by atoms with van der Waals surface area (Å²) in [6.45, 7) is 13.0. The van der Waals surface area contributed by atoms with Gasteiger partial charge in [0.25, 0.3) is 5.91 Å². The maximum atomic E-state index is 12.9. The van der Waals surface area contributed by atoms with E-state index in [2.05, 4.69) is 37.6 Å². The van der Waals surface area contributed by atoms with E-state index >= 15 is 0 Å². The minimum absolute atomic E-state index is 0.00381. The highest BCUT2D eigenvalue weighted by Crippen LogP contribution is 2.30. The number of thiazole rings is 1. The molecule has 1 amide bonds. The molecule has 0 aromatic carbocycles. The Labute approximate surface area is 142 Å². The molecule has 2 atom stereocenters. The number of hydrogen-bond acceptors (Lipinski definition) is 5. The Morgan fingerprint density at radius 2 is 2.00 bits per heavy atom. The fourth-order valence-corrected chi connectivity index (χ4v) is 4.40. The van der Waals surface area contributed by atoms with Crippen LogP contribution in [0.15, 0.2) is 6.20 Å². The Balaban J connectivity index is 1.69. The standard InChI is InChI=1S/C17H27N3O2S/c1-12-13(19-7-9-22-10-8-19)5-6-20(12)15(21)14-11-18-16(23-14)17(2,3)4/h11-13H,5-10H2,1-4H3/t12-,13-/m1/s1. The summed E-state index contributed by atoms with van der Waals surface area (Å²) in [4.78, 5) is 22.6. The maximum Gasteiger partial charge on any atom is 0.265 e. The van der Waals surface area contributed by atoms with Gasteiger partial charge in [-0.15, -0.1) is 11.3 Å². The molecule has 0 radical (unpaired) electrons. The van der Waals surface area contributed by atoms with Crippen molar-refractivity contribution >= 4 is 17.2 Å². The predicted octanol–water partition coefficient (Wildman–Crippen LogP) is 2.38. The Hall–Kier alpha value is -0.980. The summed E-state index contributed by atoms with van der Waals surface area (Å²) >= 11 is 1.54. The van der Waals surface area contributed by atoms with E-state index in [1.807, 2.05) is 4.90 Å². The fourth-order valence-electron chi connectivity index (χ4n) is 3.47. The van der Waals surface area contributed by atoms with Gasteiger partial charge in [-0.2, -0.15) is 0 Å². The van der Waals surface area contributed by atoms with Gasteiger partial charge in [-0.1, -0.05) is 20.8 Å². The Bertz CT molecular complexity index is 560. The van der Waals surface area contributed by atoms with E-state index in [4.69, 9.17) is 4.74 Å². The maximum absolute atomic E-state index is 12.9. The van der Waals surface area contributed by atoms with Gasteiger partial charge >= 0.3 is 0 Å². The van der Waals surface area contributed by atoms with E-state index in [1.165, 1.54) is 11.3 Å². The van der Waals surface area contributed by atoms with Crippen LogP contribution in [0.25, 0.3) is 0 Å². The topological polar surface area (TPSA) is 45.7 Å². The molecule has 3 rings (SSSR count). The number of aromatic nitrogens is 1. The molecule has 0 unspecified atom stereocenters. The van der Waals surface area contributed by atoms with Crippen molar-refractivity contribution in [1.29, 1.82) is 0 Å². The predicted molar refractivity (Wildman–Crippen MR) is 92.1 cm³/mol. The van der Waals surface area contributed by atoms with E-state index in [-0.39, 0.29) is 17.4 Å². The van der Waals surface area contributed by atoms with Crippen LogP contribution in [0.1, 0.15) is 48.8 Å². The van der Waals surface area contributed by atoms with Crippen LogP contribution in [0.5, 0.6) is 0 Å². The number of likely N-dealkylation sites (tertiary alicyclic amines) is 1. The molecule has 1 aromatic heterocycles. The lowest BCUT2D eigenvalue weighted by molar-refractivity contribution is 0.0105. The molecule has 0 aliphatic carbocycles. The van der Waals surface area contributed by atoms with Gasteiger partial charge in [-0.3, -0.25) is 9.69 Å². The van der Waals surface area contributed by atoms with Crippen LogP contribution in [-0.2, 0) is 10.2 Å². The third-order valence-corrected chi connectivity index (χ3v) is 6.26. The highest BCUT2D eigenvalue weighted by Gasteiger charge is 2.38. The first-order valence-corrected chi connectivity index (χ1v) is 9.28. The Morgan fingerprint density at radius 1 is 1.30 bits per heavy atom. The molecule has 2 aliphatic rings. The van der Waals surface area contributed by atoms with Crippen molar-refractivity contribution in [3.05, 3.63) is 16.1 Å². The summed E-state index contributed by atoms with van der Waals surface area (Å²) in [5.41, 5.74) is -0.00381. The van der Waals surface area contributed by atoms with Crippen LogP contribution in [0.3, 0.4) is 0 Å². The van der Waals surface area contributed by atoms with Crippen molar-refractivity contribution in [2.75, 3.05) is 32.8 Å². The number of amides is 1. The number of ether oxygens (including phenoxy) is 1. The van der Waals surface area contributed by atoms with Gasteiger partial charge in [-0.25, -0.2) is 4.98 Å². The van der Waals surface area contributed by atoms with Crippen molar-refractivity contribution in [2.45, 2.75) is 51.6 Å². The summed E-state index contributed by atoms with van der Waals surface area (Å²) in [5.74, 6) is 0.140. The second-order valence-electron chi connectivity index (χ2n) is 7.52. The van der Waals surface area contributed by atoms with Gasteiger partial charge in [0.2, 0.25) is 0 Å². The first-order valence-electron chi connectivity index (χ1n) is 8.47. The largest absolute Gasteiger partial charge is 0.379 e. The summed E-state index contributed by atoms with van der Waals surface area (Å²) < 4.78 is 5.44. The molecule has 23 heavy (non-hydrogen) atoms. The van der Waals surface area contributed by atoms with Gasteiger partial charge in [0.15, 0.2) is 0 Å². The van der Waals surface area contributed by atoms with Crippen LogP contribution < -0.4 is 0 Å². The van der Waals surface area contributed by atoms with Crippen LogP contribution in [0.4, 0.5) is 0 Å². The van der Waals surface area contributed by atoms with E-state index in [0.29, 0.717) is 6.04 Å². The zero-order valence-corrected chi connectivity index (χ0v) is 15.4. The molecule has 6 heteroatoms. The van der Waals surface area contributed by atoms with Crippen LogP contribution in [0, 0.1) is 0 Å². The third kappa shape index (κ3) is 3.44. The van der Waals surface area contributed by atoms with Crippen molar-refractivity contribution in [1.82, 2.24) is 14.8 Å². The SMILES string of the molecule is C[C@@H]1[C@H](N2CCOCC2)CCN1C(=O)c1cnc(C(C)(C)C)s1. The minimum atomic E-state index is -0.00381. The molecule has 5 nitrogen and oxygen atoms in total. The van der Waals surface area contributed by atoms with Crippen LogP contribution in [0.2, 0.25) is 0 Å². The molecule has 0 bridgehead atoms. The van der Waals surface area contributed by atoms with E-state index in [9.17, 15) is 4.79 Å². The number of hydrogen-bond donors (Lipinski definition) is 0. The zero-order chi connectivity index (χ0) is 16.6. The first-order chi connectivity index (χ1) is 10.9. The summed E-state index contributed by atoms with van der Waals surface area (Å²) in [5, 5.41) is 1.03. The van der Waals surface area contributed by atoms with Gasteiger partial charge in [0, 0.05) is 37.1 Å². The van der Waals surface area contributed by atoms with Crippen molar-refractivity contribution in [2.24, 2.45) is 0 Å². The molecule has 2 saturated heterocycles. The third-order valence-electron chi connectivity index (χ3n) is 4.85. The second kappa shape index (κ2) is 6.49. The number of carbonyl (C=O) groups is 1. The lowest BCUT2D eigenvalue weighted by atomic mass is 9.98. The van der Waals surface area contributed by atoms with E-state index < -0.39 is 0 Å². The number of rotatable bonds is 2. The van der Waals surface area contributed by atoms with Gasteiger partial charge in [-0.05, 0) is 13.3 Å². The first kappa shape index (κ1) is 16.9. The van der Waals surface area contributed by atoms with Crippen molar-refractivity contribution < 1.29 is 9.53 Å². The average molecular weight is 337 g/mol. The van der Waals surface area contributed by atoms with Gasteiger partial charge in [0.1, 0.15) is 4.88 Å². The fraction of sp³-hybridized carbons (Fsp3) is 0.765. The molecular weight excluding hydrogens is 310 g/mol. The Kier molecular flexibility index (Phi) is 4.76. The van der Waals surface area contributed by atoms with Crippen LogP contribution in [-0.4, -0.2) is 65.6 Å². The smallest absolute Gasteiger partial charge is 0.265 e.